The van der Waals surface area contributed by atoms with Gasteiger partial charge in [-0.25, -0.2) is 0 Å². The number of rotatable bonds is 3. The normalized spacial score (nSPS) is 26.1. The Labute approximate surface area is 79.1 Å². The molecule has 3 nitrogen and oxygen atoms in total. The van der Waals surface area contributed by atoms with E-state index in [0.29, 0.717) is 0 Å². The second kappa shape index (κ2) is 3.05. The second-order valence-corrected chi connectivity index (χ2v) is 4.16. The minimum absolute atomic E-state index is 0.889. The van der Waals surface area contributed by atoms with Gasteiger partial charge in [0, 0.05) is 19.8 Å². The summed E-state index contributed by atoms with van der Waals surface area (Å²) in [6, 6.07) is 0. The van der Waals surface area contributed by atoms with Gasteiger partial charge in [0.2, 0.25) is 0 Å². The number of nitrogens with zero attached hydrogens (tertiary/aromatic N) is 2. The third kappa shape index (κ3) is 1.85. The molecular formula is C10H17N3. The first-order chi connectivity index (χ1) is 6.16. The number of aryl methyl sites for hydroxylation is 2. The van der Waals surface area contributed by atoms with Crippen LogP contribution in [-0.4, -0.2) is 16.3 Å². The molecule has 1 heterocycles. The molecule has 72 valence electrons. The molecule has 1 aromatic heterocycles. The lowest BCUT2D eigenvalue weighted by atomic mass is 10.3. The van der Waals surface area contributed by atoms with E-state index in [-0.39, 0.29) is 0 Å². The van der Waals surface area contributed by atoms with Crippen molar-refractivity contribution in [2.75, 3.05) is 11.9 Å². The van der Waals surface area contributed by atoms with Gasteiger partial charge in [-0.2, -0.15) is 5.10 Å². The van der Waals surface area contributed by atoms with Gasteiger partial charge in [0.25, 0.3) is 0 Å². The molecule has 1 saturated carbocycles. The number of hydrogen-bond donors (Lipinski definition) is 1. The number of nitrogens with one attached hydrogen (secondary N) is 1. The highest BCUT2D eigenvalue weighted by Gasteiger charge is 2.31. The van der Waals surface area contributed by atoms with Crippen LogP contribution in [0, 0.1) is 18.8 Å². The molecule has 1 N–H and O–H groups in total. The fraction of sp³-hybridized carbons (Fsp3) is 0.700. The van der Waals surface area contributed by atoms with E-state index in [1.165, 1.54) is 12.1 Å². The number of hydrogen-bond acceptors (Lipinski definition) is 2. The van der Waals surface area contributed by atoms with E-state index in [0.717, 1.165) is 24.1 Å². The van der Waals surface area contributed by atoms with Gasteiger partial charge in [-0.15, -0.1) is 0 Å². The molecule has 13 heavy (non-hydrogen) atoms. The monoisotopic (exact) mass is 179 g/mol. The SMILES string of the molecule is Cc1nn(C)cc1NCC1CC1C. The first-order valence-corrected chi connectivity index (χ1v) is 4.91. The van der Waals surface area contributed by atoms with Crippen LogP contribution >= 0.6 is 0 Å². The van der Waals surface area contributed by atoms with Gasteiger partial charge in [-0.1, -0.05) is 6.92 Å². The fourth-order valence-corrected chi connectivity index (χ4v) is 1.70. The molecule has 0 aliphatic heterocycles. The molecular weight excluding hydrogens is 162 g/mol. The Kier molecular flexibility index (Phi) is 2.02. The first kappa shape index (κ1) is 8.60. The van der Waals surface area contributed by atoms with Crippen LogP contribution in [0.5, 0.6) is 0 Å². The zero-order chi connectivity index (χ0) is 9.42. The third-order valence-electron chi connectivity index (χ3n) is 2.84. The lowest BCUT2D eigenvalue weighted by molar-refractivity contribution is 0.756. The van der Waals surface area contributed by atoms with Crippen LogP contribution in [0.2, 0.25) is 0 Å². The first-order valence-electron chi connectivity index (χ1n) is 4.91. The van der Waals surface area contributed by atoms with Crippen molar-refractivity contribution >= 4 is 5.69 Å². The number of anilines is 1. The van der Waals surface area contributed by atoms with Gasteiger partial charge in [0.15, 0.2) is 0 Å². The molecule has 2 atom stereocenters. The van der Waals surface area contributed by atoms with E-state index in [9.17, 15) is 0 Å². The van der Waals surface area contributed by atoms with E-state index in [1.54, 1.807) is 0 Å². The summed E-state index contributed by atoms with van der Waals surface area (Å²) in [6.07, 6.45) is 3.43. The van der Waals surface area contributed by atoms with Crippen LogP contribution in [-0.2, 0) is 7.05 Å². The van der Waals surface area contributed by atoms with Crippen molar-refractivity contribution in [3.8, 4) is 0 Å². The Morgan fingerprint density at radius 3 is 2.85 bits per heavy atom. The molecule has 0 spiro atoms. The maximum atomic E-state index is 4.28. The highest BCUT2D eigenvalue weighted by atomic mass is 15.3. The fourth-order valence-electron chi connectivity index (χ4n) is 1.70. The Morgan fingerprint density at radius 1 is 1.69 bits per heavy atom. The van der Waals surface area contributed by atoms with Gasteiger partial charge in [0.05, 0.1) is 11.4 Å². The van der Waals surface area contributed by atoms with Crippen molar-refractivity contribution in [1.29, 1.82) is 0 Å². The molecule has 1 aliphatic carbocycles. The van der Waals surface area contributed by atoms with Crippen molar-refractivity contribution in [2.45, 2.75) is 20.3 Å². The van der Waals surface area contributed by atoms with Crippen LogP contribution in [0.1, 0.15) is 19.0 Å². The Bertz CT molecular complexity index is 303. The van der Waals surface area contributed by atoms with Crippen molar-refractivity contribution < 1.29 is 0 Å². The Hall–Kier alpha value is -0.990. The highest BCUT2D eigenvalue weighted by molar-refractivity contribution is 5.45. The Balaban J connectivity index is 1.90. The maximum Gasteiger partial charge on any atom is 0.0824 e. The summed E-state index contributed by atoms with van der Waals surface area (Å²) in [4.78, 5) is 0. The zero-order valence-corrected chi connectivity index (χ0v) is 8.54. The van der Waals surface area contributed by atoms with E-state index in [1.807, 2.05) is 24.9 Å². The van der Waals surface area contributed by atoms with E-state index < -0.39 is 0 Å². The molecule has 1 aliphatic rings. The van der Waals surface area contributed by atoms with Crippen LogP contribution < -0.4 is 5.32 Å². The average molecular weight is 179 g/mol. The molecule has 2 unspecified atom stereocenters. The molecule has 1 aromatic rings. The van der Waals surface area contributed by atoms with Crippen molar-refractivity contribution in [3.63, 3.8) is 0 Å². The van der Waals surface area contributed by atoms with Crippen molar-refractivity contribution in [2.24, 2.45) is 18.9 Å². The topological polar surface area (TPSA) is 29.9 Å². The summed E-state index contributed by atoms with van der Waals surface area (Å²) in [5.41, 5.74) is 2.28. The number of aromatic nitrogens is 2. The van der Waals surface area contributed by atoms with Gasteiger partial charge in [0.1, 0.15) is 0 Å². The molecule has 0 amide bonds. The van der Waals surface area contributed by atoms with E-state index >= 15 is 0 Å². The van der Waals surface area contributed by atoms with Gasteiger partial charge in [-0.3, -0.25) is 4.68 Å². The summed E-state index contributed by atoms with van der Waals surface area (Å²) in [5, 5.41) is 7.73. The molecule has 0 saturated heterocycles. The highest BCUT2D eigenvalue weighted by Crippen LogP contribution is 2.37. The summed E-state index contributed by atoms with van der Waals surface area (Å²) >= 11 is 0. The lowest BCUT2D eigenvalue weighted by Crippen LogP contribution is -2.04. The van der Waals surface area contributed by atoms with Crippen molar-refractivity contribution in [1.82, 2.24) is 9.78 Å². The van der Waals surface area contributed by atoms with Gasteiger partial charge in [-0.05, 0) is 25.2 Å². The predicted octanol–water partition coefficient (Wildman–Crippen LogP) is 1.80. The molecule has 0 bridgehead atoms. The summed E-state index contributed by atoms with van der Waals surface area (Å²) in [7, 11) is 1.96. The Morgan fingerprint density at radius 2 is 2.38 bits per heavy atom. The third-order valence-corrected chi connectivity index (χ3v) is 2.84. The van der Waals surface area contributed by atoms with Crippen LogP contribution in [0.25, 0.3) is 0 Å². The van der Waals surface area contributed by atoms with Crippen molar-refractivity contribution in [3.05, 3.63) is 11.9 Å². The second-order valence-electron chi connectivity index (χ2n) is 4.16. The van der Waals surface area contributed by atoms with Gasteiger partial charge >= 0.3 is 0 Å². The molecule has 2 rings (SSSR count). The minimum Gasteiger partial charge on any atom is -0.382 e. The standard InChI is InChI=1S/C10H17N3/c1-7-4-9(7)5-11-10-6-13(3)12-8(10)2/h6-7,9,11H,4-5H2,1-3H3. The summed E-state index contributed by atoms with van der Waals surface area (Å²) < 4.78 is 1.86. The molecule has 1 fully saturated rings. The van der Waals surface area contributed by atoms with E-state index in [4.69, 9.17) is 0 Å². The summed E-state index contributed by atoms with van der Waals surface area (Å²) in [5.74, 6) is 1.81. The van der Waals surface area contributed by atoms with Crippen LogP contribution in [0.15, 0.2) is 6.20 Å². The summed E-state index contributed by atoms with van der Waals surface area (Å²) in [6.45, 7) is 5.45. The predicted molar refractivity (Wildman–Crippen MR) is 53.7 cm³/mol. The molecule has 3 heteroatoms. The van der Waals surface area contributed by atoms with Gasteiger partial charge < -0.3 is 5.32 Å². The molecule has 0 radical (unpaired) electrons. The smallest absolute Gasteiger partial charge is 0.0824 e. The molecule has 0 aromatic carbocycles. The van der Waals surface area contributed by atoms with Crippen LogP contribution in [0.4, 0.5) is 5.69 Å². The largest absolute Gasteiger partial charge is 0.382 e. The average Bonchev–Trinajstić information content (AvgIpc) is 2.65. The maximum absolute atomic E-state index is 4.28. The van der Waals surface area contributed by atoms with Crippen LogP contribution in [0.3, 0.4) is 0 Å². The quantitative estimate of drug-likeness (QED) is 0.766. The lowest BCUT2D eigenvalue weighted by Gasteiger charge is -2.02. The minimum atomic E-state index is 0.889. The zero-order valence-electron chi connectivity index (χ0n) is 8.54. The van der Waals surface area contributed by atoms with E-state index in [2.05, 4.69) is 17.3 Å².